The van der Waals surface area contributed by atoms with Crippen LogP contribution >= 0.6 is 0 Å². The summed E-state index contributed by atoms with van der Waals surface area (Å²) in [5.41, 5.74) is 1.30. The predicted octanol–water partition coefficient (Wildman–Crippen LogP) is 0.852. The first-order valence-corrected chi connectivity index (χ1v) is 8.33. The Morgan fingerprint density at radius 1 is 1.44 bits per heavy atom. The average Bonchev–Trinajstić information content (AvgIpc) is 3.09. The van der Waals surface area contributed by atoms with E-state index < -0.39 is 6.10 Å². The molecule has 2 N–H and O–H groups in total. The fraction of sp³-hybridized carbons (Fsp3) is 0.471. The number of rotatable bonds is 6. The third kappa shape index (κ3) is 4.22. The van der Waals surface area contributed by atoms with Gasteiger partial charge in [-0.15, -0.1) is 0 Å². The Labute approximate surface area is 145 Å². The number of hydrogen-bond acceptors (Lipinski definition) is 7. The third-order valence-electron chi connectivity index (χ3n) is 4.08. The number of ether oxygens (including phenoxy) is 1. The quantitative estimate of drug-likeness (QED) is 0.800. The molecule has 134 valence electrons. The lowest BCUT2D eigenvalue weighted by molar-refractivity contribution is 0.0383. The van der Waals surface area contributed by atoms with Crippen LogP contribution in [0.2, 0.25) is 0 Å². The number of nitrogens with zero attached hydrogens (tertiary/aromatic N) is 3. The molecule has 1 aliphatic heterocycles. The maximum atomic E-state index is 12.7. The van der Waals surface area contributed by atoms with E-state index in [4.69, 9.17) is 9.26 Å². The molecule has 3 rings (SSSR count). The van der Waals surface area contributed by atoms with Crippen molar-refractivity contribution in [2.24, 2.45) is 0 Å². The predicted molar refractivity (Wildman–Crippen MR) is 90.0 cm³/mol. The van der Waals surface area contributed by atoms with Gasteiger partial charge < -0.3 is 19.7 Å². The number of aliphatic hydroxyl groups is 1. The normalized spacial score (nSPS) is 16.6. The molecule has 0 spiro atoms. The van der Waals surface area contributed by atoms with Gasteiger partial charge in [0.15, 0.2) is 5.76 Å². The van der Waals surface area contributed by atoms with Crippen LogP contribution in [0.25, 0.3) is 11.3 Å². The Hall–Kier alpha value is -2.29. The summed E-state index contributed by atoms with van der Waals surface area (Å²) < 4.78 is 10.5. The van der Waals surface area contributed by atoms with Crippen LogP contribution in [0.4, 0.5) is 0 Å². The van der Waals surface area contributed by atoms with Gasteiger partial charge in [-0.2, -0.15) is 0 Å². The molecule has 1 fully saturated rings. The van der Waals surface area contributed by atoms with Crippen LogP contribution in [0.5, 0.6) is 0 Å². The SMILES string of the molecule is CC(O)c1onc(-c2cccnc2)c1C(=O)NCCN1CCOCC1. The van der Waals surface area contributed by atoms with Crippen molar-refractivity contribution in [2.45, 2.75) is 13.0 Å². The summed E-state index contributed by atoms with van der Waals surface area (Å²) >= 11 is 0. The van der Waals surface area contributed by atoms with Crippen molar-refractivity contribution in [2.75, 3.05) is 39.4 Å². The summed E-state index contributed by atoms with van der Waals surface area (Å²) in [5.74, 6) is -0.160. The molecule has 0 bridgehead atoms. The fourth-order valence-electron chi connectivity index (χ4n) is 2.75. The first-order valence-electron chi connectivity index (χ1n) is 8.33. The monoisotopic (exact) mass is 346 g/mol. The van der Waals surface area contributed by atoms with E-state index in [1.165, 1.54) is 6.92 Å². The minimum atomic E-state index is -0.932. The topological polar surface area (TPSA) is 101 Å². The van der Waals surface area contributed by atoms with Crippen molar-refractivity contribution in [3.63, 3.8) is 0 Å². The number of carbonyl (C=O) groups excluding carboxylic acids is 1. The van der Waals surface area contributed by atoms with Crippen LogP contribution in [-0.4, -0.2) is 65.4 Å². The maximum absolute atomic E-state index is 12.7. The van der Waals surface area contributed by atoms with Crippen molar-refractivity contribution in [3.8, 4) is 11.3 Å². The van der Waals surface area contributed by atoms with E-state index >= 15 is 0 Å². The Kier molecular flexibility index (Phi) is 5.75. The number of carbonyl (C=O) groups is 1. The lowest BCUT2D eigenvalue weighted by Gasteiger charge is -2.26. The molecule has 1 unspecified atom stereocenters. The van der Waals surface area contributed by atoms with Gasteiger partial charge in [0.25, 0.3) is 5.91 Å². The van der Waals surface area contributed by atoms with Gasteiger partial charge in [0.1, 0.15) is 17.4 Å². The molecule has 0 aromatic carbocycles. The highest BCUT2D eigenvalue weighted by Crippen LogP contribution is 2.28. The first kappa shape index (κ1) is 17.5. The van der Waals surface area contributed by atoms with Crippen LogP contribution in [0.1, 0.15) is 29.1 Å². The van der Waals surface area contributed by atoms with Crippen molar-refractivity contribution < 1.29 is 19.2 Å². The number of aromatic nitrogens is 2. The minimum Gasteiger partial charge on any atom is -0.385 e. The van der Waals surface area contributed by atoms with E-state index in [0.29, 0.717) is 17.8 Å². The van der Waals surface area contributed by atoms with Crippen LogP contribution in [0.3, 0.4) is 0 Å². The van der Waals surface area contributed by atoms with Gasteiger partial charge >= 0.3 is 0 Å². The third-order valence-corrected chi connectivity index (χ3v) is 4.08. The van der Waals surface area contributed by atoms with Crippen LogP contribution in [0.15, 0.2) is 29.0 Å². The van der Waals surface area contributed by atoms with Gasteiger partial charge in [-0.1, -0.05) is 5.16 Å². The highest BCUT2D eigenvalue weighted by molar-refractivity contribution is 6.00. The molecule has 1 amide bonds. The number of morpholine rings is 1. The van der Waals surface area contributed by atoms with Gasteiger partial charge in [0.05, 0.1) is 13.2 Å². The Morgan fingerprint density at radius 3 is 2.92 bits per heavy atom. The second-order valence-corrected chi connectivity index (χ2v) is 5.90. The molecule has 2 aromatic heterocycles. The number of nitrogens with one attached hydrogen (secondary N) is 1. The highest BCUT2D eigenvalue weighted by Gasteiger charge is 2.26. The lowest BCUT2D eigenvalue weighted by Crippen LogP contribution is -2.41. The Morgan fingerprint density at radius 2 is 2.24 bits per heavy atom. The second-order valence-electron chi connectivity index (χ2n) is 5.90. The van der Waals surface area contributed by atoms with Crippen molar-refractivity contribution in [3.05, 3.63) is 35.9 Å². The Balaban J connectivity index is 1.72. The van der Waals surface area contributed by atoms with E-state index in [1.54, 1.807) is 24.5 Å². The van der Waals surface area contributed by atoms with Crippen LogP contribution in [0, 0.1) is 0 Å². The molecule has 0 radical (unpaired) electrons. The summed E-state index contributed by atoms with van der Waals surface area (Å²) in [6.07, 6.45) is 2.31. The fourth-order valence-corrected chi connectivity index (χ4v) is 2.75. The van der Waals surface area contributed by atoms with Crippen molar-refractivity contribution in [1.82, 2.24) is 20.4 Å². The molecule has 2 aromatic rings. The zero-order chi connectivity index (χ0) is 17.6. The summed E-state index contributed by atoms with van der Waals surface area (Å²) in [5, 5.41) is 16.7. The van der Waals surface area contributed by atoms with Crippen molar-refractivity contribution in [1.29, 1.82) is 0 Å². The molecule has 1 atom stereocenters. The summed E-state index contributed by atoms with van der Waals surface area (Å²) in [6, 6.07) is 3.55. The maximum Gasteiger partial charge on any atom is 0.257 e. The molecular formula is C17H22N4O4. The van der Waals surface area contributed by atoms with E-state index in [9.17, 15) is 9.90 Å². The van der Waals surface area contributed by atoms with E-state index in [1.807, 2.05) is 0 Å². The van der Waals surface area contributed by atoms with Gasteiger partial charge in [-0.3, -0.25) is 14.7 Å². The molecule has 0 saturated carbocycles. The van der Waals surface area contributed by atoms with Crippen molar-refractivity contribution >= 4 is 5.91 Å². The molecular weight excluding hydrogens is 324 g/mol. The summed E-state index contributed by atoms with van der Waals surface area (Å²) in [4.78, 5) is 19.0. The molecule has 3 heterocycles. The van der Waals surface area contributed by atoms with Gasteiger partial charge in [0.2, 0.25) is 0 Å². The number of amides is 1. The van der Waals surface area contributed by atoms with Gasteiger partial charge in [-0.05, 0) is 19.1 Å². The second kappa shape index (κ2) is 8.19. The molecule has 1 saturated heterocycles. The Bertz CT molecular complexity index is 696. The van der Waals surface area contributed by atoms with Crippen LogP contribution in [-0.2, 0) is 4.74 Å². The molecule has 8 nitrogen and oxygen atoms in total. The first-order chi connectivity index (χ1) is 12.2. The minimum absolute atomic E-state index is 0.155. The number of pyridine rings is 1. The summed E-state index contributed by atoms with van der Waals surface area (Å²) in [6.45, 7) is 5.94. The molecule has 0 aliphatic carbocycles. The molecule has 8 heteroatoms. The largest absolute Gasteiger partial charge is 0.385 e. The summed E-state index contributed by atoms with van der Waals surface area (Å²) in [7, 11) is 0. The highest BCUT2D eigenvalue weighted by atomic mass is 16.5. The molecule has 1 aliphatic rings. The van der Waals surface area contributed by atoms with Crippen LogP contribution < -0.4 is 5.32 Å². The zero-order valence-corrected chi connectivity index (χ0v) is 14.1. The number of hydrogen-bond donors (Lipinski definition) is 2. The average molecular weight is 346 g/mol. The van der Waals surface area contributed by atoms with Gasteiger partial charge in [-0.25, -0.2) is 0 Å². The standard InChI is InChI=1S/C17H22N4O4/c1-12(22)16-14(15(20-25-16)13-3-2-4-18-11-13)17(23)19-5-6-21-7-9-24-10-8-21/h2-4,11-12,22H,5-10H2,1H3,(H,19,23). The zero-order valence-electron chi connectivity index (χ0n) is 14.1. The van der Waals surface area contributed by atoms with E-state index in [-0.39, 0.29) is 17.2 Å². The van der Waals surface area contributed by atoms with E-state index in [2.05, 4.69) is 20.4 Å². The smallest absolute Gasteiger partial charge is 0.257 e. The lowest BCUT2D eigenvalue weighted by atomic mass is 10.0. The van der Waals surface area contributed by atoms with E-state index in [0.717, 1.165) is 32.8 Å². The molecule has 25 heavy (non-hydrogen) atoms. The number of aliphatic hydroxyl groups excluding tert-OH is 1. The van der Waals surface area contributed by atoms with Gasteiger partial charge in [0, 0.05) is 44.1 Å².